The van der Waals surface area contributed by atoms with Gasteiger partial charge in [-0.25, -0.2) is 29.1 Å². The van der Waals surface area contributed by atoms with Gasteiger partial charge in [0.15, 0.2) is 10.8 Å². The molecule has 5 rings (SSSR count). The first-order valence-electron chi connectivity index (χ1n) is 10.1. The summed E-state index contributed by atoms with van der Waals surface area (Å²) in [6.45, 7) is 5.85. The number of piperazine rings is 1. The molecule has 166 valence electrons. The fourth-order valence-electron chi connectivity index (χ4n) is 3.62. The van der Waals surface area contributed by atoms with Gasteiger partial charge < -0.3 is 9.80 Å². The molecule has 1 unspecified atom stereocenters. The predicted molar refractivity (Wildman–Crippen MR) is 119 cm³/mol. The molecule has 0 saturated carbocycles. The summed E-state index contributed by atoms with van der Waals surface area (Å²) in [4.78, 5) is 30.9. The summed E-state index contributed by atoms with van der Waals surface area (Å²) in [7, 11) is 0. The number of rotatable bonds is 3. The molecule has 2 amide bonds. The van der Waals surface area contributed by atoms with Gasteiger partial charge >= 0.3 is 6.03 Å². The maximum absolute atomic E-state index is 14.3. The van der Waals surface area contributed by atoms with Crippen molar-refractivity contribution < 1.29 is 9.18 Å². The van der Waals surface area contributed by atoms with E-state index >= 15 is 0 Å². The average Bonchev–Trinajstić information content (AvgIpc) is 3.54. The average molecular weight is 474 g/mol. The number of amides is 2. The largest absolute Gasteiger partial charge is 0.341 e. The summed E-state index contributed by atoms with van der Waals surface area (Å²) in [5.41, 5.74) is 0.145. The Morgan fingerprint density at radius 2 is 1.91 bits per heavy atom. The molecule has 2 aliphatic heterocycles. The van der Waals surface area contributed by atoms with Crippen LogP contribution in [-0.4, -0.2) is 73.5 Å². The van der Waals surface area contributed by atoms with E-state index in [0.717, 1.165) is 21.1 Å². The lowest BCUT2D eigenvalue weighted by Crippen LogP contribution is -2.52. The van der Waals surface area contributed by atoms with Gasteiger partial charge in [-0.2, -0.15) is 5.10 Å². The molecule has 1 atom stereocenters. The number of hydrazone groups is 1. The first-order chi connectivity index (χ1) is 15.5. The molecule has 0 aromatic carbocycles. The van der Waals surface area contributed by atoms with E-state index in [9.17, 15) is 9.18 Å². The molecule has 1 fully saturated rings. The molecule has 3 aromatic heterocycles. The third-order valence-corrected chi connectivity index (χ3v) is 7.10. The van der Waals surface area contributed by atoms with Crippen LogP contribution in [0.25, 0.3) is 10.7 Å². The summed E-state index contributed by atoms with van der Waals surface area (Å²) in [5, 5.41) is 15.8. The van der Waals surface area contributed by atoms with Crippen molar-refractivity contribution in [2.45, 2.75) is 26.3 Å². The number of carbonyl (C=O) groups excluding carboxylic acids is 1. The number of carbonyl (C=O) groups is 1. The van der Waals surface area contributed by atoms with E-state index in [1.54, 1.807) is 22.5 Å². The van der Waals surface area contributed by atoms with Gasteiger partial charge in [0.25, 0.3) is 0 Å². The summed E-state index contributed by atoms with van der Waals surface area (Å²) < 4.78 is 14.3. The maximum atomic E-state index is 14.3. The summed E-state index contributed by atoms with van der Waals surface area (Å²) in [6.07, 6.45) is 5.40. The quantitative estimate of drug-likeness (QED) is 0.576. The van der Waals surface area contributed by atoms with Crippen LogP contribution < -0.4 is 4.90 Å². The molecule has 5 heterocycles. The van der Waals surface area contributed by atoms with E-state index in [1.165, 1.54) is 16.3 Å². The maximum Gasteiger partial charge on any atom is 0.341 e. The van der Waals surface area contributed by atoms with E-state index in [-0.39, 0.29) is 17.8 Å². The second-order valence-electron chi connectivity index (χ2n) is 7.45. The zero-order chi connectivity index (χ0) is 22.2. The molecule has 0 spiro atoms. The van der Waals surface area contributed by atoms with Crippen molar-refractivity contribution in [3.63, 3.8) is 0 Å². The van der Waals surface area contributed by atoms with E-state index in [0.29, 0.717) is 43.6 Å². The molecule has 2 aliphatic rings. The van der Waals surface area contributed by atoms with Crippen molar-refractivity contribution in [3.05, 3.63) is 33.1 Å². The highest BCUT2D eigenvalue weighted by Crippen LogP contribution is 2.32. The normalized spacial score (nSPS) is 18.6. The van der Waals surface area contributed by atoms with Crippen LogP contribution in [0.2, 0.25) is 0 Å². The van der Waals surface area contributed by atoms with Gasteiger partial charge in [-0.3, -0.25) is 0 Å². The highest BCUT2D eigenvalue weighted by atomic mass is 32.1. The summed E-state index contributed by atoms with van der Waals surface area (Å²) in [5.74, 6) is -0.120. The van der Waals surface area contributed by atoms with Gasteiger partial charge in [-0.05, 0) is 13.8 Å². The van der Waals surface area contributed by atoms with Crippen LogP contribution in [0.15, 0.2) is 17.5 Å². The topological polar surface area (TPSA) is 104 Å². The second-order valence-corrected chi connectivity index (χ2v) is 9.90. The molecule has 13 heteroatoms. The Morgan fingerprint density at radius 1 is 1.09 bits per heavy atom. The van der Waals surface area contributed by atoms with E-state index in [2.05, 4.69) is 30.3 Å². The Hall–Kier alpha value is -3.06. The van der Waals surface area contributed by atoms with Crippen molar-refractivity contribution in [1.82, 2.24) is 35.1 Å². The molecule has 0 radical (unpaired) electrons. The zero-order valence-corrected chi connectivity index (χ0v) is 19.1. The summed E-state index contributed by atoms with van der Waals surface area (Å²) in [6, 6.07) is -0.293. The SMILES string of the molecule is Cc1cnc(C2CC=NN2C(=O)N2CCN(c3ncc(F)c(-c4nnc(C)s4)n3)CC2)s1. The molecular formula is C19H20FN9OS2. The Morgan fingerprint density at radius 3 is 2.59 bits per heavy atom. The highest BCUT2D eigenvalue weighted by Gasteiger charge is 2.35. The van der Waals surface area contributed by atoms with Gasteiger partial charge in [-0.15, -0.1) is 21.5 Å². The number of urea groups is 1. The molecular weight excluding hydrogens is 453 g/mol. The van der Waals surface area contributed by atoms with Crippen LogP contribution in [0.4, 0.5) is 15.1 Å². The van der Waals surface area contributed by atoms with Crippen LogP contribution in [0.5, 0.6) is 0 Å². The number of anilines is 1. The zero-order valence-electron chi connectivity index (χ0n) is 17.5. The fraction of sp³-hybridized carbons (Fsp3) is 0.421. The molecule has 0 aliphatic carbocycles. The van der Waals surface area contributed by atoms with Crippen molar-refractivity contribution in [2.24, 2.45) is 5.10 Å². The highest BCUT2D eigenvalue weighted by molar-refractivity contribution is 7.14. The van der Waals surface area contributed by atoms with Crippen molar-refractivity contribution in [2.75, 3.05) is 31.1 Å². The number of aryl methyl sites for hydroxylation is 2. The molecule has 0 N–H and O–H groups in total. The predicted octanol–water partition coefficient (Wildman–Crippen LogP) is 2.88. The molecule has 3 aromatic rings. The molecule has 1 saturated heterocycles. The molecule has 32 heavy (non-hydrogen) atoms. The monoisotopic (exact) mass is 473 g/mol. The Bertz CT molecular complexity index is 1170. The third kappa shape index (κ3) is 3.93. The van der Waals surface area contributed by atoms with Gasteiger partial charge in [-0.1, -0.05) is 11.3 Å². The van der Waals surface area contributed by atoms with Gasteiger partial charge in [0.05, 0.1) is 6.20 Å². The molecule has 10 nitrogen and oxygen atoms in total. The van der Waals surface area contributed by atoms with Crippen LogP contribution in [0, 0.1) is 19.7 Å². The van der Waals surface area contributed by atoms with E-state index in [4.69, 9.17) is 0 Å². The van der Waals surface area contributed by atoms with Crippen molar-refractivity contribution in [1.29, 1.82) is 0 Å². The first kappa shape index (κ1) is 20.8. The van der Waals surface area contributed by atoms with Crippen molar-refractivity contribution >= 4 is 40.9 Å². The number of halogens is 1. The van der Waals surface area contributed by atoms with Crippen LogP contribution in [-0.2, 0) is 0 Å². The van der Waals surface area contributed by atoms with Crippen molar-refractivity contribution in [3.8, 4) is 10.7 Å². The van der Waals surface area contributed by atoms with Crippen LogP contribution >= 0.6 is 22.7 Å². The minimum Gasteiger partial charge on any atom is -0.337 e. The summed E-state index contributed by atoms with van der Waals surface area (Å²) >= 11 is 2.87. The van der Waals surface area contributed by atoms with E-state index < -0.39 is 5.82 Å². The molecule has 0 bridgehead atoms. The third-order valence-electron chi connectivity index (χ3n) is 5.24. The van der Waals surface area contributed by atoms with E-state index in [1.807, 2.05) is 24.9 Å². The smallest absolute Gasteiger partial charge is 0.337 e. The first-order valence-corrected chi connectivity index (χ1v) is 11.7. The van der Waals surface area contributed by atoms with Crippen LogP contribution in [0.3, 0.4) is 0 Å². The second kappa shape index (κ2) is 8.47. The Kier molecular flexibility index (Phi) is 5.51. The number of hydrogen-bond acceptors (Lipinski definition) is 10. The Balaban J connectivity index is 1.26. The Labute approximate surface area is 191 Å². The van der Waals surface area contributed by atoms with Gasteiger partial charge in [0.2, 0.25) is 5.95 Å². The lowest BCUT2D eigenvalue weighted by atomic mass is 10.2. The number of nitrogens with zero attached hydrogens (tertiary/aromatic N) is 9. The minimum atomic E-state index is -0.533. The lowest BCUT2D eigenvalue weighted by Gasteiger charge is -2.36. The standard InChI is InChI=1S/C19H20FN9OS2/c1-11-9-21-16(31-11)14-3-4-23-29(14)19(30)28-7-5-27(6-8-28)18-22-10-13(20)15(24-18)17-26-25-12(2)32-17/h4,9-10,14H,3,5-8H2,1-2H3. The van der Waals surface area contributed by atoms with Gasteiger partial charge in [0.1, 0.15) is 21.8 Å². The number of aromatic nitrogens is 5. The minimum absolute atomic E-state index is 0.138. The number of thiazole rings is 1. The fourth-order valence-corrected chi connectivity index (χ4v) is 5.18. The van der Waals surface area contributed by atoms with Crippen LogP contribution in [0.1, 0.15) is 27.4 Å². The number of hydrogen-bond donors (Lipinski definition) is 0. The van der Waals surface area contributed by atoms with Gasteiger partial charge in [0, 0.05) is 49.9 Å². The lowest BCUT2D eigenvalue weighted by molar-refractivity contribution is 0.139.